The number of methoxy groups -OCH3 is 1. The number of aryl methyl sites for hydroxylation is 2. The van der Waals surface area contributed by atoms with E-state index in [1.165, 1.54) is 16.9 Å². The summed E-state index contributed by atoms with van der Waals surface area (Å²) in [6.07, 6.45) is 1.81. The van der Waals surface area contributed by atoms with E-state index >= 15 is 0 Å². The summed E-state index contributed by atoms with van der Waals surface area (Å²) in [4.78, 5) is 27.7. The normalized spacial score (nSPS) is 12.1. The van der Waals surface area contributed by atoms with Crippen molar-refractivity contribution in [2.24, 2.45) is 0 Å². The summed E-state index contributed by atoms with van der Waals surface area (Å²) in [5, 5.41) is 0. The number of rotatable bonds is 6. The lowest BCUT2D eigenvalue weighted by atomic mass is 9.91. The molecule has 0 aliphatic heterocycles. The van der Waals surface area contributed by atoms with Crippen LogP contribution in [0.4, 0.5) is 0 Å². The Morgan fingerprint density at radius 3 is 2.54 bits per heavy atom. The predicted molar refractivity (Wildman–Crippen MR) is 102 cm³/mol. The number of hydrogen-bond acceptors (Lipinski definition) is 5. The second-order valence-corrected chi connectivity index (χ2v) is 7.18. The van der Waals surface area contributed by atoms with E-state index in [1.807, 2.05) is 32.0 Å². The lowest BCUT2D eigenvalue weighted by Gasteiger charge is -2.17. The van der Waals surface area contributed by atoms with E-state index < -0.39 is 5.97 Å². The Balaban J connectivity index is 1.74. The molecular formula is C20H23NO4S. The van der Waals surface area contributed by atoms with Crippen LogP contribution in [-0.2, 0) is 22.4 Å². The van der Waals surface area contributed by atoms with E-state index in [-0.39, 0.29) is 12.5 Å². The third kappa shape index (κ3) is 3.60. The standard InChI is InChI=1S/C20H23NO4S/c1-4-21(5-2)18(22)12-25-20(23)17-11-14-7-6-13-10-15(24-3)8-9-16(13)19(14)26-17/h8-11H,4-7,12H2,1-3H3. The first-order valence-corrected chi connectivity index (χ1v) is 9.63. The maximum atomic E-state index is 12.4. The summed E-state index contributed by atoms with van der Waals surface area (Å²) in [7, 11) is 1.66. The number of nitrogens with zero attached hydrogens (tertiary/aromatic N) is 1. The van der Waals surface area contributed by atoms with Gasteiger partial charge in [-0.1, -0.05) is 0 Å². The van der Waals surface area contributed by atoms with Crippen LogP contribution in [0.25, 0.3) is 10.4 Å². The molecule has 138 valence electrons. The van der Waals surface area contributed by atoms with Crippen LogP contribution in [0.5, 0.6) is 5.75 Å². The number of hydrogen-bond donors (Lipinski definition) is 0. The van der Waals surface area contributed by atoms with Gasteiger partial charge in [0.15, 0.2) is 6.61 Å². The molecular weight excluding hydrogens is 350 g/mol. The Labute approximate surface area is 157 Å². The highest BCUT2D eigenvalue weighted by atomic mass is 32.1. The van der Waals surface area contributed by atoms with E-state index in [0.717, 1.165) is 34.6 Å². The zero-order valence-electron chi connectivity index (χ0n) is 15.3. The molecule has 1 aromatic heterocycles. The average molecular weight is 373 g/mol. The SMILES string of the molecule is CCN(CC)C(=O)COC(=O)c1cc2c(s1)-c1ccc(OC)cc1CC2. The molecule has 1 heterocycles. The summed E-state index contributed by atoms with van der Waals surface area (Å²) < 4.78 is 10.5. The van der Waals surface area contributed by atoms with Crippen molar-refractivity contribution >= 4 is 23.2 Å². The van der Waals surface area contributed by atoms with Gasteiger partial charge in [0.25, 0.3) is 5.91 Å². The molecule has 0 atom stereocenters. The topological polar surface area (TPSA) is 55.8 Å². The minimum absolute atomic E-state index is 0.165. The Hall–Kier alpha value is -2.34. The zero-order valence-corrected chi connectivity index (χ0v) is 16.1. The molecule has 1 aliphatic rings. The van der Waals surface area contributed by atoms with Crippen LogP contribution < -0.4 is 4.74 Å². The molecule has 0 spiro atoms. The molecule has 26 heavy (non-hydrogen) atoms. The predicted octanol–water partition coefficient (Wildman–Crippen LogP) is 3.55. The molecule has 2 aromatic rings. The molecule has 0 saturated carbocycles. The molecule has 0 bridgehead atoms. The highest BCUT2D eigenvalue weighted by Crippen LogP contribution is 2.40. The van der Waals surface area contributed by atoms with Crippen LogP contribution in [0.3, 0.4) is 0 Å². The zero-order chi connectivity index (χ0) is 18.7. The third-order valence-electron chi connectivity index (χ3n) is 4.67. The van der Waals surface area contributed by atoms with Crippen molar-refractivity contribution in [3.8, 4) is 16.2 Å². The number of carbonyl (C=O) groups excluding carboxylic acids is 2. The summed E-state index contributed by atoms with van der Waals surface area (Å²) in [5.41, 5.74) is 3.54. The largest absolute Gasteiger partial charge is 0.497 e. The van der Waals surface area contributed by atoms with Crippen LogP contribution in [0.15, 0.2) is 24.3 Å². The van der Waals surface area contributed by atoms with Gasteiger partial charge in [-0.25, -0.2) is 4.79 Å². The first-order valence-electron chi connectivity index (χ1n) is 8.82. The maximum Gasteiger partial charge on any atom is 0.348 e. The van der Waals surface area contributed by atoms with E-state index in [4.69, 9.17) is 9.47 Å². The number of thiophene rings is 1. The summed E-state index contributed by atoms with van der Waals surface area (Å²) in [6.45, 7) is 4.82. The van der Waals surface area contributed by atoms with Gasteiger partial charge in [0, 0.05) is 18.0 Å². The van der Waals surface area contributed by atoms with Gasteiger partial charge in [-0.3, -0.25) is 4.79 Å². The van der Waals surface area contributed by atoms with Gasteiger partial charge >= 0.3 is 5.97 Å². The monoisotopic (exact) mass is 373 g/mol. The first-order chi connectivity index (χ1) is 12.6. The van der Waals surface area contributed by atoms with E-state index in [2.05, 4.69) is 6.07 Å². The molecule has 0 unspecified atom stereocenters. The fraction of sp³-hybridized carbons (Fsp3) is 0.400. The first kappa shape index (κ1) is 18.5. The lowest BCUT2D eigenvalue weighted by Crippen LogP contribution is -2.34. The molecule has 1 aliphatic carbocycles. The molecule has 1 aromatic carbocycles. The Bertz CT molecular complexity index is 823. The number of ether oxygens (including phenoxy) is 2. The Morgan fingerprint density at radius 1 is 1.12 bits per heavy atom. The van der Waals surface area contributed by atoms with Crippen LogP contribution in [-0.4, -0.2) is 43.6 Å². The molecule has 0 radical (unpaired) electrons. The summed E-state index contributed by atoms with van der Waals surface area (Å²) >= 11 is 1.43. The van der Waals surface area contributed by atoms with Gasteiger partial charge in [-0.05, 0) is 67.6 Å². The van der Waals surface area contributed by atoms with Crippen molar-refractivity contribution in [2.45, 2.75) is 26.7 Å². The second-order valence-electron chi connectivity index (χ2n) is 6.13. The van der Waals surface area contributed by atoms with E-state index in [1.54, 1.807) is 12.0 Å². The van der Waals surface area contributed by atoms with E-state index in [0.29, 0.717) is 18.0 Å². The third-order valence-corrected chi connectivity index (χ3v) is 5.86. The number of amides is 1. The number of likely N-dealkylation sites (N-methyl/N-ethyl adjacent to an activating group) is 1. The molecule has 0 saturated heterocycles. The van der Waals surface area contributed by atoms with Crippen molar-refractivity contribution in [1.82, 2.24) is 4.90 Å². The summed E-state index contributed by atoms with van der Waals surface area (Å²) in [5.74, 6) is 0.250. The summed E-state index contributed by atoms with van der Waals surface area (Å²) in [6, 6.07) is 7.94. The number of fused-ring (bicyclic) bond motifs is 3. The second kappa shape index (κ2) is 7.91. The minimum atomic E-state index is -0.431. The van der Waals surface area contributed by atoms with Crippen molar-refractivity contribution < 1.29 is 19.1 Å². The molecule has 1 amide bonds. The van der Waals surface area contributed by atoms with Crippen molar-refractivity contribution in [2.75, 3.05) is 26.8 Å². The number of benzene rings is 1. The maximum absolute atomic E-state index is 12.4. The lowest BCUT2D eigenvalue weighted by molar-refractivity contribution is -0.134. The van der Waals surface area contributed by atoms with E-state index in [9.17, 15) is 9.59 Å². The van der Waals surface area contributed by atoms with Gasteiger partial charge in [-0.15, -0.1) is 11.3 Å². The van der Waals surface area contributed by atoms with Crippen molar-refractivity contribution in [1.29, 1.82) is 0 Å². The van der Waals surface area contributed by atoms with Gasteiger partial charge in [0.2, 0.25) is 0 Å². The fourth-order valence-corrected chi connectivity index (χ4v) is 4.37. The minimum Gasteiger partial charge on any atom is -0.497 e. The number of carbonyl (C=O) groups is 2. The number of esters is 1. The fourth-order valence-electron chi connectivity index (χ4n) is 3.20. The van der Waals surface area contributed by atoms with Crippen LogP contribution in [0.2, 0.25) is 0 Å². The Morgan fingerprint density at radius 2 is 1.85 bits per heavy atom. The van der Waals surface area contributed by atoms with Crippen molar-refractivity contribution in [3.05, 3.63) is 40.3 Å². The molecule has 0 N–H and O–H groups in total. The van der Waals surface area contributed by atoms with Crippen LogP contribution >= 0.6 is 11.3 Å². The average Bonchev–Trinajstić information content (AvgIpc) is 3.11. The smallest absolute Gasteiger partial charge is 0.348 e. The van der Waals surface area contributed by atoms with Gasteiger partial charge in [0.1, 0.15) is 10.6 Å². The Kier molecular flexibility index (Phi) is 5.61. The molecule has 5 nitrogen and oxygen atoms in total. The van der Waals surface area contributed by atoms with Crippen molar-refractivity contribution in [3.63, 3.8) is 0 Å². The highest BCUT2D eigenvalue weighted by Gasteiger charge is 2.23. The molecule has 3 rings (SSSR count). The quantitative estimate of drug-likeness (QED) is 0.727. The van der Waals surface area contributed by atoms with Gasteiger partial charge < -0.3 is 14.4 Å². The highest BCUT2D eigenvalue weighted by molar-refractivity contribution is 7.17. The van der Waals surface area contributed by atoms with Gasteiger partial charge in [0.05, 0.1) is 7.11 Å². The van der Waals surface area contributed by atoms with Crippen LogP contribution in [0.1, 0.15) is 34.6 Å². The van der Waals surface area contributed by atoms with Crippen LogP contribution in [0, 0.1) is 0 Å². The molecule has 6 heteroatoms. The van der Waals surface area contributed by atoms with Gasteiger partial charge in [-0.2, -0.15) is 0 Å². The molecule has 0 fully saturated rings.